The van der Waals surface area contributed by atoms with Gasteiger partial charge in [-0.15, -0.1) is 0 Å². The van der Waals surface area contributed by atoms with Crippen molar-refractivity contribution in [2.45, 2.75) is 26.9 Å². The summed E-state index contributed by atoms with van der Waals surface area (Å²) in [5, 5.41) is 0.861. The van der Waals surface area contributed by atoms with Gasteiger partial charge in [-0.3, -0.25) is 0 Å². The molecule has 0 aliphatic carbocycles. The van der Waals surface area contributed by atoms with E-state index < -0.39 is 0 Å². The summed E-state index contributed by atoms with van der Waals surface area (Å²) in [5.74, 6) is 0.993. The maximum absolute atomic E-state index is 5.73. The lowest BCUT2D eigenvalue weighted by atomic mass is 10.1. The normalized spacial score (nSPS) is 12.6. The summed E-state index contributed by atoms with van der Waals surface area (Å²) in [4.78, 5) is 0. The standard InChI is InChI=1S/C11H15BrO/c1-8-5-4-6-11(10(8)3)13-9(2)7-12/h4-6,9H,7H2,1-3H3. The summed E-state index contributed by atoms with van der Waals surface area (Å²) < 4.78 is 5.73. The molecule has 1 unspecified atom stereocenters. The molecule has 0 radical (unpaired) electrons. The minimum atomic E-state index is 0.223. The molecular weight excluding hydrogens is 228 g/mol. The molecule has 1 atom stereocenters. The van der Waals surface area contributed by atoms with Gasteiger partial charge in [0.1, 0.15) is 11.9 Å². The highest BCUT2D eigenvalue weighted by Gasteiger charge is 2.05. The second kappa shape index (κ2) is 4.66. The van der Waals surface area contributed by atoms with E-state index in [0.29, 0.717) is 0 Å². The summed E-state index contributed by atoms with van der Waals surface area (Å²) >= 11 is 3.39. The van der Waals surface area contributed by atoms with Crippen LogP contribution in [0.2, 0.25) is 0 Å². The number of hydrogen-bond acceptors (Lipinski definition) is 1. The summed E-state index contributed by atoms with van der Waals surface area (Å²) in [5.41, 5.74) is 2.51. The van der Waals surface area contributed by atoms with Crippen LogP contribution in [0, 0.1) is 13.8 Å². The Hall–Kier alpha value is -0.500. The minimum absolute atomic E-state index is 0.223. The fraction of sp³-hybridized carbons (Fsp3) is 0.455. The van der Waals surface area contributed by atoms with Gasteiger partial charge in [0.05, 0.1) is 0 Å². The quantitative estimate of drug-likeness (QED) is 0.738. The van der Waals surface area contributed by atoms with Crippen molar-refractivity contribution in [1.82, 2.24) is 0 Å². The second-order valence-electron chi connectivity index (χ2n) is 3.28. The van der Waals surface area contributed by atoms with Gasteiger partial charge in [0.2, 0.25) is 0 Å². The highest BCUT2D eigenvalue weighted by atomic mass is 79.9. The molecule has 1 aromatic rings. The third-order valence-electron chi connectivity index (χ3n) is 2.10. The van der Waals surface area contributed by atoms with Gasteiger partial charge < -0.3 is 4.74 Å². The molecule has 1 aromatic carbocycles. The summed E-state index contributed by atoms with van der Waals surface area (Å²) in [6, 6.07) is 6.14. The Kier molecular flexibility index (Phi) is 3.79. The van der Waals surface area contributed by atoms with Gasteiger partial charge in [0, 0.05) is 5.33 Å². The molecule has 0 saturated heterocycles. The van der Waals surface area contributed by atoms with Gasteiger partial charge in [-0.05, 0) is 38.0 Å². The third kappa shape index (κ3) is 2.73. The van der Waals surface area contributed by atoms with E-state index in [0.717, 1.165) is 11.1 Å². The Morgan fingerprint density at radius 2 is 2.08 bits per heavy atom. The number of benzene rings is 1. The zero-order valence-corrected chi connectivity index (χ0v) is 9.89. The number of halogens is 1. The van der Waals surface area contributed by atoms with Crippen LogP contribution in [0.15, 0.2) is 18.2 Å². The van der Waals surface area contributed by atoms with Crippen LogP contribution in [0.1, 0.15) is 18.1 Å². The first kappa shape index (κ1) is 10.6. The van der Waals surface area contributed by atoms with E-state index in [1.807, 2.05) is 12.1 Å². The Morgan fingerprint density at radius 3 is 2.69 bits per heavy atom. The monoisotopic (exact) mass is 242 g/mol. The largest absolute Gasteiger partial charge is 0.490 e. The van der Waals surface area contributed by atoms with Crippen LogP contribution in [-0.2, 0) is 0 Å². The average Bonchev–Trinajstić information content (AvgIpc) is 2.13. The molecule has 0 aliphatic rings. The van der Waals surface area contributed by atoms with Gasteiger partial charge in [0.25, 0.3) is 0 Å². The van der Waals surface area contributed by atoms with Crippen molar-refractivity contribution in [3.8, 4) is 5.75 Å². The topological polar surface area (TPSA) is 9.23 Å². The Morgan fingerprint density at radius 1 is 1.38 bits per heavy atom. The lowest BCUT2D eigenvalue weighted by Gasteiger charge is -2.14. The molecule has 0 aliphatic heterocycles. The van der Waals surface area contributed by atoms with Crippen molar-refractivity contribution in [2.75, 3.05) is 5.33 Å². The highest BCUT2D eigenvalue weighted by molar-refractivity contribution is 9.09. The van der Waals surface area contributed by atoms with Crippen molar-refractivity contribution < 1.29 is 4.74 Å². The van der Waals surface area contributed by atoms with Gasteiger partial charge >= 0.3 is 0 Å². The molecule has 0 aromatic heterocycles. The van der Waals surface area contributed by atoms with Gasteiger partial charge in [0.15, 0.2) is 0 Å². The van der Waals surface area contributed by atoms with Crippen LogP contribution in [-0.4, -0.2) is 11.4 Å². The van der Waals surface area contributed by atoms with Crippen molar-refractivity contribution >= 4 is 15.9 Å². The van der Waals surface area contributed by atoms with Crippen LogP contribution in [0.3, 0.4) is 0 Å². The lowest BCUT2D eigenvalue weighted by Crippen LogP contribution is -2.13. The first-order valence-electron chi connectivity index (χ1n) is 4.44. The Bertz CT molecular complexity index is 283. The number of alkyl halides is 1. The fourth-order valence-corrected chi connectivity index (χ4v) is 1.23. The predicted octanol–water partition coefficient (Wildman–Crippen LogP) is 3.47. The molecule has 0 N–H and O–H groups in total. The maximum atomic E-state index is 5.73. The van der Waals surface area contributed by atoms with E-state index in [1.54, 1.807) is 0 Å². The second-order valence-corrected chi connectivity index (χ2v) is 3.93. The number of aryl methyl sites for hydroxylation is 1. The number of ether oxygens (including phenoxy) is 1. The molecule has 72 valence electrons. The van der Waals surface area contributed by atoms with Crippen molar-refractivity contribution in [3.05, 3.63) is 29.3 Å². The molecule has 1 nitrogen and oxygen atoms in total. The van der Waals surface area contributed by atoms with Crippen molar-refractivity contribution in [3.63, 3.8) is 0 Å². The van der Waals surface area contributed by atoms with E-state index in [2.05, 4.69) is 42.8 Å². The first-order chi connectivity index (χ1) is 6.15. The molecule has 2 heteroatoms. The predicted molar refractivity (Wildman–Crippen MR) is 59.8 cm³/mol. The molecule has 0 saturated carbocycles. The molecule has 0 heterocycles. The zero-order chi connectivity index (χ0) is 9.84. The zero-order valence-electron chi connectivity index (χ0n) is 8.30. The molecule has 0 bridgehead atoms. The minimum Gasteiger partial charge on any atom is -0.490 e. The summed E-state index contributed by atoms with van der Waals surface area (Å²) in [7, 11) is 0. The van der Waals surface area contributed by atoms with Crippen LogP contribution < -0.4 is 4.74 Å². The van der Waals surface area contributed by atoms with Crippen LogP contribution >= 0.6 is 15.9 Å². The van der Waals surface area contributed by atoms with E-state index in [1.165, 1.54) is 11.1 Å². The van der Waals surface area contributed by atoms with E-state index in [4.69, 9.17) is 4.74 Å². The van der Waals surface area contributed by atoms with Gasteiger partial charge in [-0.2, -0.15) is 0 Å². The fourth-order valence-electron chi connectivity index (χ4n) is 1.10. The average molecular weight is 243 g/mol. The summed E-state index contributed by atoms with van der Waals surface area (Å²) in [6.45, 7) is 6.24. The van der Waals surface area contributed by atoms with Gasteiger partial charge in [-0.1, -0.05) is 28.1 Å². The van der Waals surface area contributed by atoms with Crippen LogP contribution in [0.4, 0.5) is 0 Å². The Balaban J connectivity index is 2.83. The van der Waals surface area contributed by atoms with E-state index in [9.17, 15) is 0 Å². The van der Waals surface area contributed by atoms with Crippen LogP contribution in [0.5, 0.6) is 5.75 Å². The number of rotatable bonds is 3. The number of hydrogen-bond donors (Lipinski definition) is 0. The highest BCUT2D eigenvalue weighted by Crippen LogP contribution is 2.21. The molecular formula is C11H15BrO. The molecule has 0 fully saturated rings. The molecule has 0 spiro atoms. The SMILES string of the molecule is Cc1cccc(OC(C)CBr)c1C. The van der Waals surface area contributed by atoms with Crippen LogP contribution in [0.25, 0.3) is 0 Å². The van der Waals surface area contributed by atoms with E-state index >= 15 is 0 Å². The maximum Gasteiger partial charge on any atom is 0.122 e. The molecule has 13 heavy (non-hydrogen) atoms. The Labute approximate surface area is 88.2 Å². The van der Waals surface area contributed by atoms with Gasteiger partial charge in [-0.25, -0.2) is 0 Å². The van der Waals surface area contributed by atoms with E-state index in [-0.39, 0.29) is 6.10 Å². The lowest BCUT2D eigenvalue weighted by molar-refractivity contribution is 0.246. The molecule has 1 rings (SSSR count). The third-order valence-corrected chi connectivity index (χ3v) is 3.01. The summed E-state index contributed by atoms with van der Waals surface area (Å²) in [6.07, 6.45) is 0.223. The smallest absolute Gasteiger partial charge is 0.122 e. The van der Waals surface area contributed by atoms with Crippen molar-refractivity contribution in [1.29, 1.82) is 0 Å². The molecule has 0 amide bonds. The first-order valence-corrected chi connectivity index (χ1v) is 5.56. The van der Waals surface area contributed by atoms with Crippen molar-refractivity contribution in [2.24, 2.45) is 0 Å².